The minimum Gasteiger partial charge on any atom is -0.483 e. The van der Waals surface area contributed by atoms with Crippen molar-refractivity contribution in [2.75, 3.05) is 6.61 Å². The van der Waals surface area contributed by atoms with Gasteiger partial charge in [0, 0.05) is 12.1 Å². The summed E-state index contributed by atoms with van der Waals surface area (Å²) < 4.78 is 6.32. The lowest BCUT2D eigenvalue weighted by Gasteiger charge is -2.09. The average molecular weight is 428 g/mol. The van der Waals surface area contributed by atoms with Gasteiger partial charge in [0.15, 0.2) is 6.61 Å². The number of nitrogens with one attached hydrogen (secondary N) is 1. The molecule has 0 aliphatic rings. The van der Waals surface area contributed by atoms with Crippen LogP contribution in [0.5, 0.6) is 5.75 Å². The summed E-state index contributed by atoms with van der Waals surface area (Å²) in [4.78, 5) is 22.0. The summed E-state index contributed by atoms with van der Waals surface area (Å²) in [5.74, 6) is 0.136. The first-order chi connectivity index (χ1) is 13.0. The number of nitro groups is 1. The van der Waals surface area contributed by atoms with Gasteiger partial charge in [0.1, 0.15) is 5.75 Å². The van der Waals surface area contributed by atoms with Crippen LogP contribution in [0.3, 0.4) is 0 Å². The number of carbonyl (C=O) groups is 1. The van der Waals surface area contributed by atoms with E-state index in [0.29, 0.717) is 11.3 Å². The topological polar surface area (TPSA) is 93.8 Å². The predicted molar refractivity (Wildman–Crippen MR) is 106 cm³/mol. The van der Waals surface area contributed by atoms with Crippen molar-refractivity contribution in [1.29, 1.82) is 0 Å². The number of fused-ring (bicyclic) bond motifs is 1. The number of benzene rings is 3. The maximum atomic E-state index is 11.9. The highest BCUT2D eigenvalue weighted by Crippen LogP contribution is 2.32. The Hall–Kier alpha value is -3.26. The van der Waals surface area contributed by atoms with Crippen LogP contribution in [0.25, 0.3) is 10.8 Å². The van der Waals surface area contributed by atoms with E-state index in [0.717, 1.165) is 15.2 Å². The largest absolute Gasteiger partial charge is 0.483 e. The number of nitro benzene ring substituents is 1. The van der Waals surface area contributed by atoms with Crippen LogP contribution in [0.2, 0.25) is 0 Å². The number of non-ortho nitro benzene ring substituents is 1. The standard InChI is InChI=1S/C19H14BrN3O4/c20-19-16-4-2-1-3-14(16)7-10-17(19)27-12-18(24)22-21-11-13-5-8-15(9-6-13)23(25)26/h1-11H,12H2,(H,22,24). The summed E-state index contributed by atoms with van der Waals surface area (Å²) in [7, 11) is 0. The van der Waals surface area contributed by atoms with E-state index in [1.165, 1.54) is 30.5 Å². The van der Waals surface area contributed by atoms with Crippen LogP contribution in [0.4, 0.5) is 5.69 Å². The number of rotatable bonds is 6. The van der Waals surface area contributed by atoms with Crippen LogP contribution < -0.4 is 10.2 Å². The van der Waals surface area contributed by atoms with Crippen LogP contribution in [0.15, 0.2) is 70.2 Å². The molecule has 0 aliphatic heterocycles. The molecule has 0 aliphatic carbocycles. The van der Waals surface area contributed by atoms with Crippen molar-refractivity contribution in [3.8, 4) is 5.75 Å². The van der Waals surface area contributed by atoms with Crippen LogP contribution in [-0.4, -0.2) is 23.7 Å². The van der Waals surface area contributed by atoms with E-state index in [9.17, 15) is 14.9 Å². The van der Waals surface area contributed by atoms with Crippen molar-refractivity contribution in [1.82, 2.24) is 5.43 Å². The van der Waals surface area contributed by atoms with Crippen molar-refractivity contribution in [2.45, 2.75) is 0 Å². The van der Waals surface area contributed by atoms with Crippen molar-refractivity contribution in [3.05, 3.63) is 80.8 Å². The maximum Gasteiger partial charge on any atom is 0.277 e. The molecule has 0 fully saturated rings. The molecule has 3 aromatic carbocycles. The Morgan fingerprint density at radius 2 is 1.89 bits per heavy atom. The van der Waals surface area contributed by atoms with Gasteiger partial charge in [0.2, 0.25) is 0 Å². The van der Waals surface area contributed by atoms with E-state index < -0.39 is 10.8 Å². The number of hydrazone groups is 1. The Balaban J connectivity index is 1.55. The molecule has 1 N–H and O–H groups in total. The van der Waals surface area contributed by atoms with Gasteiger partial charge in [0.25, 0.3) is 11.6 Å². The fourth-order valence-corrected chi connectivity index (χ4v) is 2.97. The minimum atomic E-state index is -0.481. The number of hydrogen-bond donors (Lipinski definition) is 1. The van der Waals surface area contributed by atoms with Gasteiger partial charge in [-0.25, -0.2) is 5.43 Å². The summed E-state index contributed by atoms with van der Waals surface area (Å²) >= 11 is 3.50. The van der Waals surface area contributed by atoms with E-state index in [2.05, 4.69) is 26.5 Å². The summed E-state index contributed by atoms with van der Waals surface area (Å²) in [5.41, 5.74) is 2.97. The molecule has 0 saturated heterocycles. The van der Waals surface area contributed by atoms with Crippen molar-refractivity contribution >= 4 is 44.5 Å². The van der Waals surface area contributed by atoms with Crippen LogP contribution in [0, 0.1) is 10.1 Å². The molecule has 0 unspecified atom stereocenters. The van der Waals surface area contributed by atoms with Gasteiger partial charge in [-0.05, 0) is 50.5 Å². The molecule has 8 heteroatoms. The smallest absolute Gasteiger partial charge is 0.277 e. The van der Waals surface area contributed by atoms with Gasteiger partial charge in [-0.1, -0.05) is 30.3 Å². The van der Waals surface area contributed by atoms with E-state index >= 15 is 0 Å². The molecule has 3 aromatic rings. The number of hydrogen-bond acceptors (Lipinski definition) is 5. The lowest BCUT2D eigenvalue weighted by molar-refractivity contribution is -0.384. The first kappa shape index (κ1) is 18.5. The Morgan fingerprint density at radius 3 is 2.63 bits per heavy atom. The Morgan fingerprint density at radius 1 is 1.15 bits per heavy atom. The third-order valence-corrected chi connectivity index (χ3v) is 4.51. The molecule has 1 amide bonds. The quantitative estimate of drug-likeness (QED) is 0.364. The molecule has 7 nitrogen and oxygen atoms in total. The number of ether oxygens (including phenoxy) is 1. The second-order valence-corrected chi connectivity index (χ2v) is 6.32. The van der Waals surface area contributed by atoms with Crippen LogP contribution in [-0.2, 0) is 4.79 Å². The molecule has 0 saturated carbocycles. The zero-order valence-corrected chi connectivity index (χ0v) is 15.5. The van der Waals surface area contributed by atoms with Crippen molar-refractivity contribution in [2.24, 2.45) is 5.10 Å². The first-order valence-corrected chi connectivity index (χ1v) is 8.70. The van der Waals surface area contributed by atoms with Gasteiger partial charge in [-0.15, -0.1) is 0 Å². The average Bonchev–Trinajstić information content (AvgIpc) is 2.68. The van der Waals surface area contributed by atoms with Crippen LogP contribution in [0.1, 0.15) is 5.56 Å². The fraction of sp³-hybridized carbons (Fsp3) is 0.0526. The summed E-state index contributed by atoms with van der Waals surface area (Å²) in [6.07, 6.45) is 1.40. The molecule has 27 heavy (non-hydrogen) atoms. The predicted octanol–water partition coefficient (Wildman–Crippen LogP) is 4.04. The Kier molecular flexibility index (Phi) is 5.77. The number of carbonyl (C=O) groups excluding carboxylic acids is 1. The second kappa shape index (κ2) is 8.41. The number of amides is 1. The van der Waals surface area contributed by atoms with E-state index in [1.807, 2.05) is 30.3 Å². The molecule has 0 aromatic heterocycles. The highest BCUT2D eigenvalue weighted by molar-refractivity contribution is 9.10. The Bertz CT molecular complexity index is 1020. The monoisotopic (exact) mass is 427 g/mol. The first-order valence-electron chi connectivity index (χ1n) is 7.91. The number of halogens is 1. The third kappa shape index (κ3) is 4.68. The zero-order valence-electron chi connectivity index (χ0n) is 14.0. The van der Waals surface area contributed by atoms with Crippen molar-refractivity contribution in [3.63, 3.8) is 0 Å². The van der Waals surface area contributed by atoms with Crippen molar-refractivity contribution < 1.29 is 14.5 Å². The summed E-state index contributed by atoms with van der Waals surface area (Å²) in [5, 5.41) is 16.5. The third-order valence-electron chi connectivity index (χ3n) is 3.69. The maximum absolute atomic E-state index is 11.9. The molecular weight excluding hydrogens is 414 g/mol. The normalized spacial score (nSPS) is 10.9. The molecule has 0 spiro atoms. The van der Waals surface area contributed by atoms with Gasteiger partial charge in [0.05, 0.1) is 15.6 Å². The Labute approximate surface area is 162 Å². The molecular formula is C19H14BrN3O4. The molecule has 0 heterocycles. The summed E-state index contributed by atoms with van der Waals surface area (Å²) in [6, 6.07) is 17.3. The molecule has 136 valence electrons. The lowest BCUT2D eigenvalue weighted by atomic mass is 10.1. The van der Waals surface area contributed by atoms with Gasteiger partial charge >= 0.3 is 0 Å². The van der Waals surface area contributed by atoms with Gasteiger partial charge in [-0.2, -0.15) is 5.10 Å². The second-order valence-electron chi connectivity index (χ2n) is 5.53. The highest BCUT2D eigenvalue weighted by Gasteiger charge is 2.08. The minimum absolute atomic E-state index is 0.00875. The molecule has 0 radical (unpaired) electrons. The molecule has 0 bridgehead atoms. The fourth-order valence-electron chi connectivity index (χ4n) is 2.36. The van der Waals surface area contributed by atoms with E-state index in [-0.39, 0.29) is 12.3 Å². The van der Waals surface area contributed by atoms with E-state index in [4.69, 9.17) is 4.74 Å². The lowest BCUT2D eigenvalue weighted by Crippen LogP contribution is -2.24. The number of nitrogens with zero attached hydrogens (tertiary/aromatic N) is 2. The van der Waals surface area contributed by atoms with Gasteiger partial charge < -0.3 is 4.74 Å². The highest BCUT2D eigenvalue weighted by atomic mass is 79.9. The molecule has 0 atom stereocenters. The zero-order chi connectivity index (χ0) is 19.2. The molecule has 3 rings (SSSR count). The van der Waals surface area contributed by atoms with E-state index in [1.54, 1.807) is 6.07 Å². The van der Waals surface area contributed by atoms with Gasteiger partial charge in [-0.3, -0.25) is 14.9 Å². The van der Waals surface area contributed by atoms with Crippen LogP contribution >= 0.6 is 15.9 Å². The SMILES string of the molecule is O=C(COc1ccc2ccccc2c1Br)NN=Cc1ccc([N+](=O)[O-])cc1. The summed E-state index contributed by atoms with van der Waals surface area (Å²) in [6.45, 7) is -0.200.